The number of aromatic amines is 1. The van der Waals surface area contributed by atoms with Crippen molar-refractivity contribution in [1.29, 1.82) is 0 Å². The van der Waals surface area contributed by atoms with Crippen molar-refractivity contribution in [2.45, 2.75) is 13.8 Å². The van der Waals surface area contributed by atoms with Crippen molar-refractivity contribution < 1.29 is 14.3 Å². The number of piperazine rings is 1. The van der Waals surface area contributed by atoms with Crippen LogP contribution in [0.1, 0.15) is 11.4 Å². The van der Waals surface area contributed by atoms with Crippen LogP contribution in [0.3, 0.4) is 0 Å². The molecule has 8 nitrogen and oxygen atoms in total. The molecule has 0 spiro atoms. The van der Waals surface area contributed by atoms with Crippen LogP contribution in [0.25, 0.3) is 0 Å². The Morgan fingerprint density at radius 1 is 1.16 bits per heavy atom. The van der Waals surface area contributed by atoms with E-state index in [1.807, 2.05) is 24.8 Å². The quantitative estimate of drug-likeness (QED) is 0.873. The molecular formula is C17H21N5O3. The van der Waals surface area contributed by atoms with Gasteiger partial charge in [-0.05, 0) is 26.0 Å². The number of hydrogen-bond acceptors (Lipinski definition) is 5. The van der Waals surface area contributed by atoms with Crippen LogP contribution in [-0.2, 0) is 0 Å². The van der Waals surface area contributed by atoms with Crippen molar-refractivity contribution in [3.63, 3.8) is 0 Å². The molecule has 132 valence electrons. The standard InChI is InChI=1S/C17H21N5O3/c1-11-16(12(2)20-19-11)21-5-7-22(8-6-21)17(23)18-13-3-4-14-15(9-13)25-10-24-14/h3-4,9H,5-8,10H2,1-2H3,(H,18,23)(H,19,20). The first kappa shape index (κ1) is 15.6. The predicted octanol–water partition coefficient (Wildman–Crippen LogP) is 2.11. The fourth-order valence-electron chi connectivity index (χ4n) is 3.32. The lowest BCUT2D eigenvalue weighted by Crippen LogP contribution is -2.50. The van der Waals surface area contributed by atoms with Crippen LogP contribution in [0, 0.1) is 13.8 Å². The number of rotatable bonds is 2. The molecule has 0 aliphatic carbocycles. The lowest BCUT2D eigenvalue weighted by Gasteiger charge is -2.36. The van der Waals surface area contributed by atoms with E-state index in [1.165, 1.54) is 0 Å². The van der Waals surface area contributed by atoms with Gasteiger partial charge in [0, 0.05) is 37.9 Å². The van der Waals surface area contributed by atoms with Gasteiger partial charge in [0.1, 0.15) is 0 Å². The molecule has 2 aromatic rings. The first-order valence-electron chi connectivity index (χ1n) is 8.34. The summed E-state index contributed by atoms with van der Waals surface area (Å²) >= 11 is 0. The number of carbonyl (C=O) groups excluding carboxylic acids is 1. The zero-order chi connectivity index (χ0) is 17.4. The topological polar surface area (TPSA) is 82.7 Å². The molecule has 4 rings (SSSR count). The number of H-pyrrole nitrogens is 1. The highest BCUT2D eigenvalue weighted by Gasteiger charge is 2.24. The van der Waals surface area contributed by atoms with Gasteiger partial charge in [0.2, 0.25) is 6.79 Å². The maximum Gasteiger partial charge on any atom is 0.321 e. The number of amides is 2. The largest absolute Gasteiger partial charge is 0.454 e. The van der Waals surface area contributed by atoms with Gasteiger partial charge in [-0.25, -0.2) is 4.79 Å². The van der Waals surface area contributed by atoms with Crippen molar-refractivity contribution in [1.82, 2.24) is 15.1 Å². The molecule has 2 N–H and O–H groups in total. The summed E-state index contributed by atoms with van der Waals surface area (Å²) in [6.07, 6.45) is 0. The van der Waals surface area contributed by atoms with E-state index >= 15 is 0 Å². The number of urea groups is 1. The Balaban J connectivity index is 1.37. The smallest absolute Gasteiger partial charge is 0.321 e. The lowest BCUT2D eigenvalue weighted by atomic mass is 10.2. The molecule has 25 heavy (non-hydrogen) atoms. The number of ether oxygens (including phenoxy) is 2. The Morgan fingerprint density at radius 3 is 2.64 bits per heavy atom. The Kier molecular flexibility index (Phi) is 3.87. The minimum absolute atomic E-state index is 0.0980. The number of aryl methyl sites for hydroxylation is 2. The molecule has 1 aromatic heterocycles. The number of fused-ring (bicyclic) bond motifs is 1. The molecule has 2 aliphatic rings. The van der Waals surface area contributed by atoms with E-state index in [-0.39, 0.29) is 12.8 Å². The molecule has 0 bridgehead atoms. The Labute approximate surface area is 145 Å². The second-order valence-electron chi connectivity index (χ2n) is 6.25. The average Bonchev–Trinajstić information content (AvgIpc) is 3.21. The van der Waals surface area contributed by atoms with E-state index in [4.69, 9.17) is 9.47 Å². The molecular weight excluding hydrogens is 322 g/mol. The summed E-state index contributed by atoms with van der Waals surface area (Å²) in [6.45, 7) is 7.15. The van der Waals surface area contributed by atoms with Gasteiger partial charge in [0.05, 0.1) is 17.1 Å². The van der Waals surface area contributed by atoms with Crippen LogP contribution in [0.15, 0.2) is 18.2 Å². The summed E-state index contributed by atoms with van der Waals surface area (Å²) in [5.74, 6) is 1.37. The molecule has 1 fully saturated rings. The third-order valence-corrected chi connectivity index (χ3v) is 4.60. The fourth-order valence-corrected chi connectivity index (χ4v) is 3.32. The summed E-state index contributed by atoms with van der Waals surface area (Å²) in [6, 6.07) is 5.31. The summed E-state index contributed by atoms with van der Waals surface area (Å²) in [7, 11) is 0. The first-order chi connectivity index (χ1) is 12.1. The normalized spacial score (nSPS) is 16.2. The van der Waals surface area contributed by atoms with Gasteiger partial charge >= 0.3 is 6.03 Å². The summed E-state index contributed by atoms with van der Waals surface area (Å²) in [4.78, 5) is 16.6. The van der Waals surface area contributed by atoms with Gasteiger partial charge in [-0.1, -0.05) is 0 Å². The molecule has 1 saturated heterocycles. The van der Waals surface area contributed by atoms with Crippen LogP contribution in [0.4, 0.5) is 16.2 Å². The van der Waals surface area contributed by atoms with Crippen LogP contribution in [0.2, 0.25) is 0 Å². The molecule has 1 aromatic carbocycles. The molecule has 2 amide bonds. The van der Waals surface area contributed by atoms with Gasteiger partial charge < -0.3 is 24.6 Å². The predicted molar refractivity (Wildman–Crippen MR) is 93.4 cm³/mol. The molecule has 0 saturated carbocycles. The van der Waals surface area contributed by atoms with Gasteiger partial charge in [-0.3, -0.25) is 5.10 Å². The maximum atomic E-state index is 12.5. The lowest BCUT2D eigenvalue weighted by molar-refractivity contribution is 0.174. The zero-order valence-corrected chi connectivity index (χ0v) is 14.3. The highest BCUT2D eigenvalue weighted by Crippen LogP contribution is 2.34. The number of hydrogen-bond donors (Lipinski definition) is 2. The van der Waals surface area contributed by atoms with Crippen molar-refractivity contribution in [3.05, 3.63) is 29.6 Å². The first-order valence-corrected chi connectivity index (χ1v) is 8.34. The van der Waals surface area contributed by atoms with E-state index in [0.29, 0.717) is 30.3 Å². The van der Waals surface area contributed by atoms with Crippen molar-refractivity contribution in [2.24, 2.45) is 0 Å². The molecule has 3 heterocycles. The minimum atomic E-state index is -0.0980. The zero-order valence-electron chi connectivity index (χ0n) is 14.3. The Bertz CT molecular complexity index is 776. The third-order valence-electron chi connectivity index (χ3n) is 4.60. The number of anilines is 2. The van der Waals surface area contributed by atoms with Gasteiger partial charge in [0.15, 0.2) is 11.5 Å². The van der Waals surface area contributed by atoms with Gasteiger partial charge in [0.25, 0.3) is 0 Å². The summed E-state index contributed by atoms with van der Waals surface area (Å²) in [5.41, 5.74) is 3.92. The second kappa shape index (κ2) is 6.19. The molecule has 2 aliphatic heterocycles. The van der Waals surface area contributed by atoms with E-state index < -0.39 is 0 Å². The number of nitrogens with one attached hydrogen (secondary N) is 2. The second-order valence-corrected chi connectivity index (χ2v) is 6.25. The summed E-state index contributed by atoms with van der Waals surface area (Å²) in [5, 5.41) is 10.2. The average molecular weight is 343 g/mol. The minimum Gasteiger partial charge on any atom is -0.454 e. The van der Waals surface area contributed by atoms with E-state index in [1.54, 1.807) is 12.1 Å². The van der Waals surface area contributed by atoms with Crippen LogP contribution >= 0.6 is 0 Å². The molecule has 0 radical (unpaired) electrons. The van der Waals surface area contributed by atoms with Crippen molar-refractivity contribution >= 4 is 17.4 Å². The Morgan fingerprint density at radius 2 is 1.92 bits per heavy atom. The number of nitrogens with zero attached hydrogens (tertiary/aromatic N) is 3. The fraction of sp³-hybridized carbons (Fsp3) is 0.412. The highest BCUT2D eigenvalue weighted by molar-refractivity contribution is 5.90. The van der Waals surface area contributed by atoms with Crippen molar-refractivity contribution in [2.75, 3.05) is 43.2 Å². The van der Waals surface area contributed by atoms with E-state index in [0.717, 1.165) is 30.2 Å². The van der Waals surface area contributed by atoms with Crippen LogP contribution in [0.5, 0.6) is 11.5 Å². The molecule has 8 heteroatoms. The summed E-state index contributed by atoms with van der Waals surface area (Å²) < 4.78 is 10.6. The van der Waals surface area contributed by atoms with E-state index in [9.17, 15) is 4.79 Å². The van der Waals surface area contributed by atoms with Crippen LogP contribution < -0.4 is 19.7 Å². The molecule has 0 unspecified atom stereocenters. The SMILES string of the molecule is Cc1n[nH]c(C)c1N1CCN(C(=O)Nc2ccc3c(c2)OCO3)CC1. The highest BCUT2D eigenvalue weighted by atomic mass is 16.7. The molecule has 0 atom stereocenters. The van der Waals surface area contributed by atoms with Gasteiger partial charge in [-0.15, -0.1) is 0 Å². The monoisotopic (exact) mass is 343 g/mol. The number of aromatic nitrogens is 2. The van der Waals surface area contributed by atoms with Crippen molar-refractivity contribution in [3.8, 4) is 11.5 Å². The number of benzene rings is 1. The maximum absolute atomic E-state index is 12.5. The Hall–Kier alpha value is -2.90. The van der Waals surface area contributed by atoms with Gasteiger partial charge in [-0.2, -0.15) is 5.10 Å². The van der Waals surface area contributed by atoms with E-state index in [2.05, 4.69) is 20.4 Å². The van der Waals surface area contributed by atoms with Crippen LogP contribution in [-0.4, -0.2) is 54.1 Å². The number of carbonyl (C=O) groups is 1. The third kappa shape index (κ3) is 2.95.